The Bertz CT molecular complexity index is 564. The van der Waals surface area contributed by atoms with Gasteiger partial charge >= 0.3 is 0 Å². The van der Waals surface area contributed by atoms with Gasteiger partial charge < -0.3 is 15.0 Å². The first kappa shape index (κ1) is 15.3. The molecule has 3 heteroatoms. The number of nitrogens with zero attached hydrogens (tertiary/aromatic N) is 1. The van der Waals surface area contributed by atoms with E-state index in [0.717, 1.165) is 32.5 Å². The van der Waals surface area contributed by atoms with Crippen molar-refractivity contribution in [3.05, 3.63) is 59.9 Å². The van der Waals surface area contributed by atoms with E-state index in [0.29, 0.717) is 5.92 Å². The molecule has 1 aromatic carbocycles. The van der Waals surface area contributed by atoms with Gasteiger partial charge in [-0.15, -0.1) is 0 Å². The average Bonchev–Trinajstić information content (AvgIpc) is 2.96. The van der Waals surface area contributed by atoms with Crippen LogP contribution in [0, 0.1) is 5.92 Å². The molecule has 0 bridgehead atoms. The zero-order valence-corrected chi connectivity index (χ0v) is 13.1. The molecule has 2 N–H and O–H groups in total. The van der Waals surface area contributed by atoms with Crippen molar-refractivity contribution in [2.45, 2.75) is 44.9 Å². The van der Waals surface area contributed by atoms with Gasteiger partial charge in [-0.2, -0.15) is 0 Å². The quantitative estimate of drug-likeness (QED) is 0.859. The minimum absolute atomic E-state index is 0.0764. The number of aliphatic hydroxyl groups excluding tert-OH is 1. The van der Waals surface area contributed by atoms with Gasteiger partial charge in [0.15, 0.2) is 0 Å². The second kappa shape index (κ2) is 7.61. The first-order chi connectivity index (χ1) is 10.8. The summed E-state index contributed by atoms with van der Waals surface area (Å²) in [6.07, 6.45) is 8.65. The van der Waals surface area contributed by atoms with E-state index in [2.05, 4.69) is 58.7 Å². The summed E-state index contributed by atoms with van der Waals surface area (Å²) in [6.45, 7) is 2.85. The molecule has 2 atom stereocenters. The molecule has 1 saturated carbocycles. The van der Waals surface area contributed by atoms with Crippen molar-refractivity contribution < 1.29 is 5.11 Å². The maximum absolute atomic E-state index is 9.71. The van der Waals surface area contributed by atoms with E-state index in [1.807, 2.05) is 0 Å². The highest BCUT2D eigenvalue weighted by molar-refractivity contribution is 5.17. The fraction of sp³-hybridized carbons (Fsp3) is 0.474. The molecule has 0 spiro atoms. The van der Waals surface area contributed by atoms with E-state index >= 15 is 0 Å². The molecule has 1 fully saturated rings. The fourth-order valence-electron chi connectivity index (χ4n) is 3.36. The molecule has 2 unspecified atom stereocenters. The minimum atomic E-state index is -0.0764. The van der Waals surface area contributed by atoms with Gasteiger partial charge in [-0.25, -0.2) is 0 Å². The van der Waals surface area contributed by atoms with Crippen LogP contribution in [0.5, 0.6) is 0 Å². The average molecular weight is 298 g/mol. The van der Waals surface area contributed by atoms with Gasteiger partial charge in [0.1, 0.15) is 0 Å². The Kier molecular flexibility index (Phi) is 5.30. The Morgan fingerprint density at radius 1 is 1.09 bits per heavy atom. The van der Waals surface area contributed by atoms with E-state index < -0.39 is 0 Å². The van der Waals surface area contributed by atoms with Crippen LogP contribution in [0.15, 0.2) is 48.8 Å². The molecule has 1 heterocycles. The predicted octanol–water partition coefficient (Wildman–Crippen LogP) is 3.18. The van der Waals surface area contributed by atoms with Crippen LogP contribution in [0.4, 0.5) is 0 Å². The maximum Gasteiger partial charge on any atom is 0.0543 e. The summed E-state index contributed by atoms with van der Waals surface area (Å²) in [7, 11) is 0. The van der Waals surface area contributed by atoms with Crippen LogP contribution in [-0.4, -0.2) is 22.3 Å². The number of nitrogens with one attached hydrogen (secondary N) is 1. The molecule has 118 valence electrons. The normalized spacial score (nSPS) is 21.9. The molecule has 2 aromatic rings. The molecule has 0 saturated heterocycles. The molecule has 0 aliphatic heterocycles. The summed E-state index contributed by atoms with van der Waals surface area (Å²) in [4.78, 5) is 0. The van der Waals surface area contributed by atoms with E-state index in [1.54, 1.807) is 0 Å². The van der Waals surface area contributed by atoms with Crippen molar-refractivity contribution in [3.8, 4) is 0 Å². The Hall–Kier alpha value is -1.58. The Morgan fingerprint density at radius 3 is 2.77 bits per heavy atom. The van der Waals surface area contributed by atoms with Gasteiger partial charge in [0.2, 0.25) is 0 Å². The van der Waals surface area contributed by atoms with Gasteiger partial charge in [0.05, 0.1) is 6.10 Å². The van der Waals surface area contributed by atoms with Crippen molar-refractivity contribution in [1.82, 2.24) is 9.88 Å². The van der Waals surface area contributed by atoms with Crippen molar-refractivity contribution in [2.24, 2.45) is 5.92 Å². The lowest BCUT2D eigenvalue weighted by molar-refractivity contribution is 0.101. The van der Waals surface area contributed by atoms with Crippen LogP contribution in [0.25, 0.3) is 0 Å². The molecular weight excluding hydrogens is 272 g/mol. The highest BCUT2D eigenvalue weighted by atomic mass is 16.3. The number of hydrogen-bond donors (Lipinski definition) is 2. The largest absolute Gasteiger partial charge is 0.393 e. The second-order valence-corrected chi connectivity index (χ2v) is 6.50. The highest BCUT2D eigenvalue weighted by Crippen LogP contribution is 2.23. The van der Waals surface area contributed by atoms with Crippen LogP contribution in [0.3, 0.4) is 0 Å². The van der Waals surface area contributed by atoms with Crippen molar-refractivity contribution in [1.29, 1.82) is 0 Å². The Labute approximate surface area is 133 Å². The van der Waals surface area contributed by atoms with Crippen LogP contribution in [-0.2, 0) is 13.1 Å². The number of benzene rings is 1. The second-order valence-electron chi connectivity index (χ2n) is 6.50. The monoisotopic (exact) mass is 298 g/mol. The first-order valence-electron chi connectivity index (χ1n) is 8.37. The highest BCUT2D eigenvalue weighted by Gasteiger charge is 2.19. The number of rotatable bonds is 6. The zero-order valence-electron chi connectivity index (χ0n) is 13.1. The molecule has 22 heavy (non-hydrogen) atoms. The van der Waals surface area contributed by atoms with E-state index in [-0.39, 0.29) is 6.10 Å². The van der Waals surface area contributed by atoms with Gasteiger partial charge in [-0.1, -0.05) is 36.8 Å². The molecule has 1 aliphatic carbocycles. The van der Waals surface area contributed by atoms with Crippen molar-refractivity contribution >= 4 is 0 Å². The van der Waals surface area contributed by atoms with Crippen LogP contribution in [0.1, 0.15) is 36.8 Å². The molecule has 0 radical (unpaired) electrons. The third-order valence-electron chi connectivity index (χ3n) is 4.54. The molecular formula is C19H26N2O. The molecule has 0 amide bonds. The first-order valence-corrected chi connectivity index (χ1v) is 8.37. The van der Waals surface area contributed by atoms with E-state index in [1.165, 1.54) is 24.0 Å². The summed E-state index contributed by atoms with van der Waals surface area (Å²) in [5.41, 5.74) is 2.65. The number of aliphatic hydroxyl groups is 1. The van der Waals surface area contributed by atoms with E-state index in [4.69, 9.17) is 0 Å². The fourth-order valence-corrected chi connectivity index (χ4v) is 3.36. The van der Waals surface area contributed by atoms with Gasteiger partial charge in [-0.3, -0.25) is 0 Å². The summed E-state index contributed by atoms with van der Waals surface area (Å²) < 4.78 is 2.23. The van der Waals surface area contributed by atoms with Gasteiger partial charge in [0.25, 0.3) is 0 Å². The summed E-state index contributed by atoms with van der Waals surface area (Å²) in [5.74, 6) is 0.634. The maximum atomic E-state index is 9.71. The van der Waals surface area contributed by atoms with Crippen molar-refractivity contribution in [2.75, 3.05) is 6.54 Å². The number of aromatic nitrogens is 1. The Morgan fingerprint density at radius 2 is 1.95 bits per heavy atom. The summed E-state index contributed by atoms with van der Waals surface area (Å²) >= 11 is 0. The van der Waals surface area contributed by atoms with Crippen LogP contribution >= 0.6 is 0 Å². The predicted molar refractivity (Wildman–Crippen MR) is 89.6 cm³/mol. The van der Waals surface area contributed by atoms with Crippen LogP contribution < -0.4 is 5.32 Å². The van der Waals surface area contributed by atoms with E-state index in [9.17, 15) is 5.11 Å². The van der Waals surface area contributed by atoms with Crippen LogP contribution in [0.2, 0.25) is 0 Å². The molecule has 1 aromatic heterocycles. The third-order valence-corrected chi connectivity index (χ3v) is 4.54. The minimum Gasteiger partial charge on any atom is -0.393 e. The Balaban J connectivity index is 1.44. The van der Waals surface area contributed by atoms with Gasteiger partial charge in [-0.05, 0) is 48.9 Å². The lowest BCUT2D eigenvalue weighted by Crippen LogP contribution is -2.28. The van der Waals surface area contributed by atoms with Gasteiger partial charge in [0, 0.05) is 25.5 Å². The van der Waals surface area contributed by atoms with Crippen molar-refractivity contribution in [3.63, 3.8) is 0 Å². The standard InChI is InChI=1S/C19H26N2O/c22-19-8-4-7-17(11-19)12-20-13-18-9-10-21(15-18)14-16-5-2-1-3-6-16/h1-3,5-6,9-10,15,17,19-20,22H,4,7-8,11-14H2. The lowest BCUT2D eigenvalue weighted by atomic mass is 9.87. The SMILES string of the molecule is OC1CCCC(CNCc2ccn(Cc3ccccc3)c2)C1. The molecule has 1 aliphatic rings. The summed E-state index contributed by atoms with van der Waals surface area (Å²) in [6, 6.07) is 12.7. The lowest BCUT2D eigenvalue weighted by Gasteiger charge is -2.25. The zero-order chi connectivity index (χ0) is 15.2. The topological polar surface area (TPSA) is 37.2 Å². The summed E-state index contributed by atoms with van der Waals surface area (Å²) in [5, 5.41) is 13.3. The molecule has 3 rings (SSSR count). The number of hydrogen-bond acceptors (Lipinski definition) is 2. The smallest absolute Gasteiger partial charge is 0.0543 e. The molecule has 3 nitrogen and oxygen atoms in total. The third kappa shape index (κ3) is 4.46.